The smallest absolute Gasteiger partial charge is 0.497 e. The van der Waals surface area contributed by atoms with Crippen molar-refractivity contribution in [3.63, 3.8) is 0 Å². The number of likely N-dealkylation sites (tertiary alicyclic amines) is 1. The van der Waals surface area contributed by atoms with Crippen molar-refractivity contribution < 1.29 is 113 Å². The molecule has 4 aliphatic heterocycles. The lowest BCUT2D eigenvalue weighted by Gasteiger charge is -2.39. The molecule has 0 aliphatic carbocycles. The van der Waals surface area contributed by atoms with Crippen LogP contribution in [0.3, 0.4) is 0 Å². The molecule has 6 atom stereocenters. The Labute approximate surface area is 556 Å². The molecule has 2 fully saturated rings. The number of aliphatic hydroxyl groups is 4. The average Bonchev–Trinajstić information content (AvgIpc) is 1.54. The molecule has 4 amide bonds. The summed E-state index contributed by atoms with van der Waals surface area (Å²) in [5, 5.41) is 51.6. The lowest BCUT2D eigenvalue weighted by molar-refractivity contribution is -0.277. The molecule has 2 aromatic heterocycles. The van der Waals surface area contributed by atoms with Gasteiger partial charge in [0, 0.05) is 79.8 Å². The lowest BCUT2D eigenvalue weighted by atomic mass is 9.95. The summed E-state index contributed by atoms with van der Waals surface area (Å²) >= 11 is 6.62. The van der Waals surface area contributed by atoms with Gasteiger partial charge >= 0.3 is 10.4 Å². The van der Waals surface area contributed by atoms with Crippen LogP contribution < -0.4 is 32.2 Å². The van der Waals surface area contributed by atoms with Crippen LogP contribution in [0.2, 0.25) is 0 Å². The first-order valence-corrected chi connectivity index (χ1v) is 33.1. The van der Waals surface area contributed by atoms with Gasteiger partial charge < -0.3 is 100 Å². The van der Waals surface area contributed by atoms with Crippen LogP contribution in [-0.2, 0) is 70.8 Å². The van der Waals surface area contributed by atoms with Crippen molar-refractivity contribution in [2.45, 2.75) is 62.4 Å². The number of likely N-dealkylation sites (N-methyl/N-ethyl adjacent to an activating group) is 1. The van der Waals surface area contributed by atoms with Crippen molar-refractivity contribution in [3.8, 4) is 34.5 Å². The zero-order valence-corrected chi connectivity index (χ0v) is 54.5. The Morgan fingerprint density at radius 2 is 1.38 bits per heavy atom. The average molecular weight is 1380 g/mol. The number of hydrogen-bond donors (Lipinski definition) is 5. The third-order valence-corrected chi connectivity index (χ3v) is 17.1. The van der Waals surface area contributed by atoms with Gasteiger partial charge in [0.1, 0.15) is 49.1 Å². The van der Waals surface area contributed by atoms with E-state index in [-0.39, 0.29) is 98.1 Å². The van der Waals surface area contributed by atoms with E-state index in [0.29, 0.717) is 144 Å². The number of H-pyrrole nitrogens is 1. The Bertz CT molecular complexity index is 3730. The Kier molecular flexibility index (Phi) is 25.3. The second-order valence-corrected chi connectivity index (χ2v) is 23.9. The molecule has 0 radical (unpaired) electrons. The summed E-state index contributed by atoms with van der Waals surface area (Å²) in [6, 6.07) is 14.9. The number of aromatic amines is 1. The van der Waals surface area contributed by atoms with E-state index in [1.165, 1.54) is 47.1 Å². The first kappa shape index (κ1) is 71.2. The summed E-state index contributed by atoms with van der Waals surface area (Å²) in [5.74, 6) is -1.69. The summed E-state index contributed by atoms with van der Waals surface area (Å²) in [6.45, 7) is 5.51. The van der Waals surface area contributed by atoms with Crippen molar-refractivity contribution in [2.75, 3.05) is 157 Å². The van der Waals surface area contributed by atoms with Crippen molar-refractivity contribution in [1.82, 2.24) is 29.8 Å². The SMILES string of the molecule is COc1ccc2c(OS(=O)(=O)Oc3cc(C(=O)N(C)CCOCCn4cc(CCOCCOCCOCCOCCOCCOCCN5C(=O)CCC5=O)nn4)ccc3O[C@@H]3O[C@H](CO)[C@H](O)[C@H](O)C3O)cc3c(c2c1)[C@H](CCl)CN3C(=O)c1cc2c3c(ccc2[nH]1)OCCO3. The van der Waals surface area contributed by atoms with E-state index < -0.39 is 76.9 Å². The number of methoxy groups -OCH3 is 1. The Morgan fingerprint density at radius 1 is 0.719 bits per heavy atom. The van der Waals surface area contributed by atoms with Gasteiger partial charge in [-0.05, 0) is 65.5 Å². The molecule has 6 heterocycles. The van der Waals surface area contributed by atoms with Gasteiger partial charge in [-0.25, -0.2) is 4.68 Å². The number of benzene rings is 4. The first-order chi connectivity index (χ1) is 46.5. The highest BCUT2D eigenvalue weighted by Gasteiger charge is 2.45. The number of carbonyl (C=O) groups excluding carboxylic acids is 4. The molecule has 4 aromatic carbocycles. The van der Waals surface area contributed by atoms with Crippen LogP contribution in [0.1, 0.15) is 50.9 Å². The van der Waals surface area contributed by atoms with Crippen LogP contribution in [0.4, 0.5) is 5.69 Å². The van der Waals surface area contributed by atoms with Gasteiger partial charge in [-0.1, -0.05) is 5.21 Å². The second kappa shape index (κ2) is 34.1. The normalized spacial score (nSPS) is 19.4. The minimum absolute atomic E-state index is 0.0744. The number of alkyl halides is 1. The fourth-order valence-electron chi connectivity index (χ4n) is 11.0. The Balaban J connectivity index is 0.688. The largest absolute Gasteiger partial charge is 0.501 e. The number of aliphatic hydroxyl groups excluding tert-OH is 4. The standard InChI is InChI=1S/C63H78ClN7O24S/c1-68(12-16-84-17-13-69-37-41(66-67-69)11-15-83-19-21-86-23-25-88-27-28-89-26-24-87-22-20-85-18-14-70-54(73)9-10-55(70)74)61(78)39-3-7-49(92-63-59(77)58(76)57(75)53(38-72)93-63)52(31-39)95-96(80,81)94-51-34-48-56(44-32-42(82-2)4-5-43(44)51)40(35-64)36-71(48)62(79)47-33-45-46(65-47)6-8-50-60(45)91-30-29-90-50/h3-8,31-34,37,40,53,57-59,63,65,72,75-77H,9-30,35-36,38H2,1-2H3/t40-,53-,57+,58+,59?,63-/m1/s1. The van der Waals surface area contributed by atoms with Crippen molar-refractivity contribution in [3.05, 3.63) is 89.4 Å². The van der Waals surface area contributed by atoms with Crippen LogP contribution in [-0.4, -0.2) is 265 Å². The highest BCUT2D eigenvalue weighted by molar-refractivity contribution is 7.82. The summed E-state index contributed by atoms with van der Waals surface area (Å²) in [4.78, 5) is 59.1. The number of ether oxygens (including phenoxy) is 12. The van der Waals surface area contributed by atoms with Crippen LogP contribution in [0, 0.1) is 0 Å². The molecule has 4 aliphatic rings. The molecule has 522 valence electrons. The molecule has 0 saturated carbocycles. The molecule has 6 aromatic rings. The topological polar surface area (TPSA) is 369 Å². The number of nitrogens with one attached hydrogen (secondary N) is 1. The number of imide groups is 1. The number of aromatic nitrogens is 4. The number of amides is 4. The number of rotatable bonds is 38. The number of fused-ring (bicyclic) bond motifs is 6. The molecule has 10 rings (SSSR count). The monoisotopic (exact) mass is 1380 g/mol. The van der Waals surface area contributed by atoms with E-state index >= 15 is 0 Å². The summed E-state index contributed by atoms with van der Waals surface area (Å²) < 4.78 is 110. The zero-order valence-electron chi connectivity index (χ0n) is 52.9. The summed E-state index contributed by atoms with van der Waals surface area (Å²) in [7, 11) is -2.31. The van der Waals surface area contributed by atoms with Gasteiger partial charge in [-0.3, -0.25) is 24.1 Å². The van der Waals surface area contributed by atoms with E-state index in [1.54, 1.807) is 47.3 Å². The maximum Gasteiger partial charge on any atom is 0.501 e. The first-order valence-electron chi connectivity index (χ1n) is 31.2. The maximum atomic E-state index is 14.6. The minimum Gasteiger partial charge on any atom is -0.497 e. The van der Waals surface area contributed by atoms with Crippen molar-refractivity contribution in [2.24, 2.45) is 0 Å². The zero-order chi connectivity index (χ0) is 67.7. The quantitative estimate of drug-likeness (QED) is 0.0211. The fourth-order valence-corrected chi connectivity index (χ4v) is 12.0. The summed E-state index contributed by atoms with van der Waals surface area (Å²) in [6.07, 6.45) is -5.93. The maximum absolute atomic E-state index is 14.6. The minimum atomic E-state index is -5.27. The van der Waals surface area contributed by atoms with Crippen molar-refractivity contribution in [1.29, 1.82) is 0 Å². The van der Waals surface area contributed by atoms with E-state index in [1.807, 2.05) is 0 Å². The van der Waals surface area contributed by atoms with Crippen LogP contribution in [0.15, 0.2) is 66.9 Å². The summed E-state index contributed by atoms with van der Waals surface area (Å²) in [5.41, 5.74) is 2.32. The predicted octanol–water partition coefficient (Wildman–Crippen LogP) is 2.14. The van der Waals surface area contributed by atoms with Crippen LogP contribution in [0.5, 0.6) is 34.5 Å². The van der Waals surface area contributed by atoms with Gasteiger partial charge in [0.25, 0.3) is 11.8 Å². The van der Waals surface area contributed by atoms with Crippen molar-refractivity contribution >= 4 is 73.0 Å². The fraction of sp³-hybridized carbons (Fsp3) is 0.524. The molecule has 96 heavy (non-hydrogen) atoms. The number of nitrogens with zero attached hydrogens (tertiary/aromatic N) is 6. The number of halogens is 1. The molecule has 2 saturated heterocycles. The molecular weight excluding hydrogens is 1310 g/mol. The van der Waals surface area contributed by atoms with Gasteiger partial charge in [-0.15, -0.1) is 25.1 Å². The Hall–Kier alpha value is -7.54. The highest BCUT2D eigenvalue weighted by atomic mass is 35.5. The lowest BCUT2D eigenvalue weighted by Crippen LogP contribution is -2.60. The van der Waals surface area contributed by atoms with E-state index in [9.17, 15) is 48.0 Å². The molecule has 31 nitrogen and oxygen atoms in total. The van der Waals surface area contributed by atoms with E-state index in [2.05, 4.69) is 15.3 Å². The molecule has 5 N–H and O–H groups in total. The van der Waals surface area contributed by atoms with E-state index in [4.69, 9.17) is 76.8 Å². The second-order valence-electron chi connectivity index (χ2n) is 22.4. The van der Waals surface area contributed by atoms with Gasteiger partial charge in [0.05, 0.1) is 136 Å². The number of hydrogen-bond acceptors (Lipinski definition) is 26. The van der Waals surface area contributed by atoms with E-state index in [0.717, 1.165) is 6.07 Å². The number of anilines is 1. The predicted molar refractivity (Wildman–Crippen MR) is 338 cm³/mol. The van der Waals surface area contributed by atoms with Crippen LogP contribution in [0.25, 0.3) is 21.7 Å². The van der Waals surface area contributed by atoms with Gasteiger partial charge in [-0.2, -0.15) is 0 Å². The van der Waals surface area contributed by atoms with Crippen LogP contribution >= 0.6 is 11.6 Å². The number of carbonyl (C=O) groups is 4. The third-order valence-electron chi connectivity index (χ3n) is 16.0. The third kappa shape index (κ3) is 18.0. The molecule has 0 bridgehead atoms. The molecule has 0 spiro atoms. The molecule has 33 heteroatoms. The highest BCUT2D eigenvalue weighted by Crippen LogP contribution is 2.48. The molecular formula is C63H78ClN7O24S. The van der Waals surface area contributed by atoms with Gasteiger partial charge in [0.15, 0.2) is 28.7 Å². The Morgan fingerprint density at radius 3 is 2.06 bits per heavy atom. The van der Waals surface area contributed by atoms with Gasteiger partial charge in [0.2, 0.25) is 18.1 Å². The molecule has 1 unspecified atom stereocenters.